The van der Waals surface area contributed by atoms with Gasteiger partial charge in [-0.3, -0.25) is 0 Å². The number of nitrogens with zero attached hydrogens (tertiary/aromatic N) is 5. The number of methoxy groups -OCH3 is 1. The average Bonchev–Trinajstić information content (AvgIpc) is 3.50. The van der Waals surface area contributed by atoms with Crippen molar-refractivity contribution in [3.8, 4) is 11.4 Å². The van der Waals surface area contributed by atoms with Crippen molar-refractivity contribution in [3.63, 3.8) is 0 Å². The summed E-state index contributed by atoms with van der Waals surface area (Å²) in [6.45, 7) is 5.41. The van der Waals surface area contributed by atoms with Crippen LogP contribution < -0.4 is 20.3 Å². The summed E-state index contributed by atoms with van der Waals surface area (Å²) in [6, 6.07) is 16.7. The van der Waals surface area contributed by atoms with Gasteiger partial charge in [-0.2, -0.15) is 5.10 Å². The van der Waals surface area contributed by atoms with Crippen molar-refractivity contribution >= 4 is 11.6 Å². The Kier molecular flexibility index (Phi) is 6.66. The largest absolute Gasteiger partial charge is 0.495 e. The smallest absolute Gasteiger partial charge is 0.191 e. The summed E-state index contributed by atoms with van der Waals surface area (Å²) in [4.78, 5) is 11.1. The third-order valence-electron chi connectivity index (χ3n) is 5.34. The lowest BCUT2D eigenvalue weighted by atomic mass is 10.2. The monoisotopic (exact) mass is 419 g/mol. The van der Waals surface area contributed by atoms with Crippen LogP contribution in [-0.2, 0) is 6.54 Å². The van der Waals surface area contributed by atoms with Crippen LogP contribution in [0.3, 0.4) is 0 Å². The summed E-state index contributed by atoms with van der Waals surface area (Å²) in [7, 11) is 1.72. The molecule has 162 valence electrons. The predicted molar refractivity (Wildman–Crippen MR) is 123 cm³/mol. The van der Waals surface area contributed by atoms with Gasteiger partial charge in [-0.25, -0.2) is 14.7 Å². The molecule has 4 rings (SSSR count). The fourth-order valence-electron chi connectivity index (χ4n) is 3.77. The minimum atomic E-state index is 0.331. The van der Waals surface area contributed by atoms with Gasteiger partial charge in [0.15, 0.2) is 5.96 Å². The summed E-state index contributed by atoms with van der Waals surface area (Å²) < 4.78 is 7.27. The summed E-state index contributed by atoms with van der Waals surface area (Å²) in [5, 5.41) is 11.1. The molecule has 0 radical (unpaired) electrons. The van der Waals surface area contributed by atoms with Gasteiger partial charge in [0, 0.05) is 25.7 Å². The lowest BCUT2D eigenvalue weighted by molar-refractivity contribution is 0.415. The van der Waals surface area contributed by atoms with E-state index in [9.17, 15) is 0 Å². The summed E-state index contributed by atoms with van der Waals surface area (Å²) >= 11 is 0. The van der Waals surface area contributed by atoms with Gasteiger partial charge in [0.1, 0.15) is 18.4 Å². The Balaban J connectivity index is 1.37. The lowest BCUT2D eigenvalue weighted by Crippen LogP contribution is -2.44. The molecule has 1 aliphatic rings. The summed E-state index contributed by atoms with van der Waals surface area (Å²) in [5.74, 6) is 1.76. The molecule has 0 amide bonds. The Bertz CT molecular complexity index is 985. The number of rotatable bonds is 7. The van der Waals surface area contributed by atoms with Gasteiger partial charge in [-0.05, 0) is 43.2 Å². The van der Waals surface area contributed by atoms with E-state index in [-0.39, 0.29) is 0 Å². The molecular weight excluding hydrogens is 390 g/mol. The second-order valence-corrected chi connectivity index (χ2v) is 7.45. The third kappa shape index (κ3) is 5.14. The van der Waals surface area contributed by atoms with Gasteiger partial charge in [0.05, 0.1) is 25.0 Å². The van der Waals surface area contributed by atoms with Crippen molar-refractivity contribution in [2.24, 2.45) is 4.99 Å². The molecule has 0 spiro atoms. The van der Waals surface area contributed by atoms with E-state index in [0.29, 0.717) is 12.6 Å². The van der Waals surface area contributed by atoms with E-state index in [2.05, 4.69) is 56.8 Å². The van der Waals surface area contributed by atoms with Crippen molar-refractivity contribution in [1.29, 1.82) is 0 Å². The number of aliphatic imine (C=N–C) groups is 1. The number of hydrogen-bond acceptors (Lipinski definition) is 5. The van der Waals surface area contributed by atoms with Crippen molar-refractivity contribution in [2.75, 3.05) is 31.6 Å². The van der Waals surface area contributed by atoms with Crippen LogP contribution in [0.1, 0.15) is 18.9 Å². The fraction of sp³-hybridized carbons (Fsp3) is 0.348. The van der Waals surface area contributed by atoms with Gasteiger partial charge in [-0.1, -0.05) is 24.3 Å². The molecule has 1 aliphatic heterocycles. The highest BCUT2D eigenvalue weighted by molar-refractivity contribution is 5.80. The van der Waals surface area contributed by atoms with Gasteiger partial charge in [0.25, 0.3) is 0 Å². The molecule has 8 nitrogen and oxygen atoms in total. The maximum Gasteiger partial charge on any atom is 0.191 e. The van der Waals surface area contributed by atoms with Gasteiger partial charge < -0.3 is 20.3 Å². The number of para-hydroxylation sites is 2. The topological polar surface area (TPSA) is 79.6 Å². The number of anilines is 1. The molecule has 31 heavy (non-hydrogen) atoms. The van der Waals surface area contributed by atoms with Crippen LogP contribution in [0.5, 0.6) is 5.75 Å². The van der Waals surface area contributed by atoms with E-state index in [4.69, 9.17) is 9.73 Å². The molecule has 0 aliphatic carbocycles. The first kappa shape index (κ1) is 20.7. The van der Waals surface area contributed by atoms with Crippen molar-refractivity contribution in [2.45, 2.75) is 25.9 Å². The van der Waals surface area contributed by atoms with E-state index in [1.54, 1.807) is 18.1 Å². The Labute approximate surface area is 183 Å². The molecule has 0 bridgehead atoms. The Morgan fingerprint density at radius 1 is 1.19 bits per heavy atom. The average molecular weight is 420 g/mol. The van der Waals surface area contributed by atoms with E-state index in [1.165, 1.54) is 6.33 Å². The van der Waals surface area contributed by atoms with Gasteiger partial charge in [-0.15, -0.1) is 0 Å². The zero-order valence-electron chi connectivity index (χ0n) is 18.0. The third-order valence-corrected chi connectivity index (χ3v) is 5.34. The number of aromatic nitrogens is 3. The van der Waals surface area contributed by atoms with Crippen molar-refractivity contribution in [3.05, 3.63) is 66.7 Å². The molecule has 1 fully saturated rings. The van der Waals surface area contributed by atoms with Gasteiger partial charge >= 0.3 is 0 Å². The van der Waals surface area contributed by atoms with Gasteiger partial charge in [0.2, 0.25) is 0 Å². The maximum atomic E-state index is 5.53. The minimum absolute atomic E-state index is 0.331. The molecule has 2 aromatic carbocycles. The number of nitrogens with one attached hydrogen (secondary N) is 2. The Morgan fingerprint density at radius 2 is 2.03 bits per heavy atom. The molecule has 8 heteroatoms. The summed E-state index contributed by atoms with van der Waals surface area (Å²) in [6.07, 6.45) is 4.27. The molecule has 2 heterocycles. The quantitative estimate of drug-likeness (QED) is 0.453. The highest BCUT2D eigenvalue weighted by atomic mass is 16.5. The van der Waals surface area contributed by atoms with Crippen molar-refractivity contribution < 1.29 is 4.74 Å². The first-order valence-corrected chi connectivity index (χ1v) is 10.6. The standard InChI is InChI=1S/C23H29N7O/c1-3-25-23(26-14-18-8-10-20(11-9-18)30-17-24-16-27-30)28-19-12-13-29(15-19)21-6-4-5-7-22(21)31-2/h4-11,16-17,19H,3,12-15H2,1-2H3,(H2,25,26,28). The van der Waals surface area contributed by atoms with Crippen LogP contribution in [0.2, 0.25) is 0 Å². The highest BCUT2D eigenvalue weighted by Crippen LogP contribution is 2.30. The predicted octanol–water partition coefficient (Wildman–Crippen LogP) is 2.61. The fourth-order valence-corrected chi connectivity index (χ4v) is 3.77. The first-order chi connectivity index (χ1) is 15.3. The lowest BCUT2D eigenvalue weighted by Gasteiger charge is -2.22. The minimum Gasteiger partial charge on any atom is -0.495 e. The van der Waals surface area contributed by atoms with E-state index in [0.717, 1.165) is 54.7 Å². The maximum absolute atomic E-state index is 5.53. The van der Waals surface area contributed by atoms with E-state index < -0.39 is 0 Å². The molecule has 1 saturated heterocycles. The van der Waals surface area contributed by atoms with E-state index >= 15 is 0 Å². The Morgan fingerprint density at radius 3 is 2.77 bits per heavy atom. The SMILES string of the molecule is CCNC(=NCc1ccc(-n2cncn2)cc1)NC1CCN(c2ccccc2OC)C1. The van der Waals surface area contributed by atoms with Crippen molar-refractivity contribution in [1.82, 2.24) is 25.4 Å². The molecule has 1 aromatic heterocycles. The normalized spacial score (nSPS) is 16.4. The highest BCUT2D eigenvalue weighted by Gasteiger charge is 2.25. The molecule has 0 saturated carbocycles. The van der Waals surface area contributed by atoms with Crippen LogP contribution in [0, 0.1) is 0 Å². The second kappa shape index (κ2) is 9.97. The molecule has 3 aromatic rings. The number of guanidine groups is 1. The molecule has 1 atom stereocenters. The second-order valence-electron chi connectivity index (χ2n) is 7.45. The van der Waals surface area contributed by atoms with Crippen LogP contribution in [0.25, 0.3) is 5.69 Å². The zero-order chi connectivity index (χ0) is 21.5. The summed E-state index contributed by atoms with van der Waals surface area (Å²) in [5.41, 5.74) is 3.27. The van der Waals surface area contributed by atoms with Crippen LogP contribution in [0.15, 0.2) is 66.2 Å². The van der Waals surface area contributed by atoms with Crippen LogP contribution >= 0.6 is 0 Å². The molecular formula is C23H29N7O. The number of ether oxygens (including phenoxy) is 1. The number of benzene rings is 2. The first-order valence-electron chi connectivity index (χ1n) is 10.6. The zero-order valence-corrected chi connectivity index (χ0v) is 18.0. The van der Waals surface area contributed by atoms with Crippen LogP contribution in [-0.4, -0.2) is 53.5 Å². The molecule has 2 N–H and O–H groups in total. The van der Waals surface area contributed by atoms with E-state index in [1.807, 2.05) is 24.3 Å². The Hall–Kier alpha value is -3.55. The molecule has 1 unspecified atom stereocenters. The van der Waals surface area contributed by atoms with Crippen LogP contribution in [0.4, 0.5) is 5.69 Å². The number of hydrogen-bond donors (Lipinski definition) is 2.